The van der Waals surface area contributed by atoms with Crippen molar-refractivity contribution in [3.8, 4) is 61.3 Å². The quantitative estimate of drug-likeness (QED) is 0.147. The number of nitrogens with zero attached hydrogens (tertiary/aromatic N) is 2. The first-order valence-corrected chi connectivity index (χ1v) is 28.6. The number of benzene rings is 13. The molecule has 3 aliphatic rings. The second-order valence-electron chi connectivity index (χ2n) is 22.2. The molecule has 2 heteroatoms. The van der Waals surface area contributed by atoms with E-state index in [-0.39, 0.29) is 0 Å². The number of aromatic nitrogens is 1. The molecule has 14 aromatic rings. The molecule has 2 nitrogen and oxygen atoms in total. The summed E-state index contributed by atoms with van der Waals surface area (Å²) in [4.78, 5) is 2.51. The maximum Gasteiger partial charge on any atom is 0.0754 e. The average Bonchev–Trinajstić information content (AvgIpc) is 2.50. The average molecular weight is 1040 g/mol. The molecule has 382 valence electrons. The van der Waals surface area contributed by atoms with Crippen LogP contribution in [0.4, 0.5) is 17.1 Å². The predicted molar refractivity (Wildman–Crippen MR) is 340 cm³/mol. The molecule has 13 aromatic carbocycles. The minimum atomic E-state index is -0.584. The lowest BCUT2D eigenvalue weighted by Gasteiger charge is -2.39. The van der Waals surface area contributed by atoms with E-state index in [1.807, 2.05) is 0 Å². The Balaban J connectivity index is 0.888. The van der Waals surface area contributed by atoms with Crippen molar-refractivity contribution in [2.75, 3.05) is 4.90 Å². The van der Waals surface area contributed by atoms with Gasteiger partial charge in [-0.15, -0.1) is 0 Å². The van der Waals surface area contributed by atoms with Gasteiger partial charge in [0.25, 0.3) is 0 Å². The summed E-state index contributed by atoms with van der Waals surface area (Å²) in [5, 5.41) is 2.55. The van der Waals surface area contributed by atoms with Crippen molar-refractivity contribution in [1.82, 2.24) is 4.57 Å². The third kappa shape index (κ3) is 6.46. The van der Waals surface area contributed by atoms with Crippen molar-refractivity contribution in [3.05, 3.63) is 360 Å². The van der Waals surface area contributed by atoms with Crippen LogP contribution < -0.4 is 4.90 Å². The van der Waals surface area contributed by atoms with Gasteiger partial charge in [-0.25, -0.2) is 0 Å². The Morgan fingerprint density at radius 1 is 0.256 bits per heavy atom. The molecule has 0 amide bonds. The lowest BCUT2D eigenvalue weighted by Crippen LogP contribution is -2.33. The molecule has 0 bridgehead atoms. The SMILES string of the molecule is c1ccc(-c2ccc(-c3ccc(N(c4ccc5c(c4)C(c4ccccc4)(c4ccccc4)c4ccccc4-5)c4ccccc4-c4ccc5c(c4)C4(c6ccccc6-5)c5ccccc5-n5c6ccccc6c6cccc4c65)cc3)cc2)cc1. The highest BCUT2D eigenvalue weighted by Crippen LogP contribution is 2.62. The van der Waals surface area contributed by atoms with Crippen molar-refractivity contribution in [3.63, 3.8) is 0 Å². The molecule has 1 aromatic heterocycles. The Kier molecular flexibility index (Phi) is 10.2. The van der Waals surface area contributed by atoms with Gasteiger partial charge in [0, 0.05) is 27.7 Å². The van der Waals surface area contributed by atoms with Crippen molar-refractivity contribution >= 4 is 38.9 Å². The smallest absolute Gasteiger partial charge is 0.0754 e. The molecule has 2 heterocycles. The molecule has 1 unspecified atom stereocenters. The molecule has 1 aliphatic heterocycles. The van der Waals surface area contributed by atoms with E-state index in [4.69, 9.17) is 0 Å². The molecule has 1 spiro atoms. The Morgan fingerprint density at radius 3 is 1.39 bits per heavy atom. The van der Waals surface area contributed by atoms with Gasteiger partial charge in [0.1, 0.15) is 0 Å². The first kappa shape index (κ1) is 46.4. The summed E-state index contributed by atoms with van der Waals surface area (Å²) >= 11 is 0. The van der Waals surface area contributed by atoms with Crippen molar-refractivity contribution in [1.29, 1.82) is 0 Å². The van der Waals surface area contributed by atoms with E-state index in [0.29, 0.717) is 0 Å². The number of fused-ring (bicyclic) bond motifs is 15. The zero-order chi connectivity index (χ0) is 53.9. The summed E-state index contributed by atoms with van der Waals surface area (Å²) in [5.74, 6) is 0. The van der Waals surface area contributed by atoms with E-state index in [0.717, 1.165) is 28.2 Å². The van der Waals surface area contributed by atoms with Gasteiger partial charge in [-0.3, -0.25) is 0 Å². The normalized spacial score (nSPS) is 14.7. The molecule has 0 fully saturated rings. The van der Waals surface area contributed by atoms with E-state index in [1.165, 1.54) is 117 Å². The number of hydrogen-bond acceptors (Lipinski definition) is 1. The van der Waals surface area contributed by atoms with Gasteiger partial charge in [-0.05, 0) is 143 Å². The zero-order valence-corrected chi connectivity index (χ0v) is 44.9. The number of rotatable bonds is 8. The lowest BCUT2D eigenvalue weighted by atomic mass is 9.65. The van der Waals surface area contributed by atoms with Crippen molar-refractivity contribution in [2.45, 2.75) is 10.8 Å². The molecule has 0 saturated heterocycles. The van der Waals surface area contributed by atoms with Crippen LogP contribution in [-0.2, 0) is 10.8 Å². The highest BCUT2D eigenvalue weighted by atomic mass is 15.1. The van der Waals surface area contributed by atoms with Crippen LogP contribution in [0.1, 0.15) is 44.5 Å². The van der Waals surface area contributed by atoms with Gasteiger partial charge >= 0.3 is 0 Å². The minimum absolute atomic E-state index is 0.570. The van der Waals surface area contributed by atoms with E-state index >= 15 is 0 Å². The highest BCUT2D eigenvalue weighted by molar-refractivity contribution is 6.13. The highest BCUT2D eigenvalue weighted by Gasteiger charge is 2.51. The van der Waals surface area contributed by atoms with Crippen LogP contribution in [0.25, 0.3) is 83.1 Å². The first-order chi connectivity index (χ1) is 40.7. The van der Waals surface area contributed by atoms with Crippen LogP contribution in [0.2, 0.25) is 0 Å². The number of hydrogen-bond donors (Lipinski definition) is 0. The molecule has 0 N–H and O–H groups in total. The second kappa shape index (κ2) is 18.0. The van der Waals surface area contributed by atoms with Gasteiger partial charge < -0.3 is 9.47 Å². The molecule has 0 saturated carbocycles. The predicted octanol–water partition coefficient (Wildman–Crippen LogP) is 20.3. The molecule has 1 atom stereocenters. The first-order valence-electron chi connectivity index (χ1n) is 28.6. The van der Waals surface area contributed by atoms with E-state index < -0.39 is 10.8 Å². The molecule has 0 radical (unpaired) electrons. The largest absolute Gasteiger partial charge is 0.310 e. The summed E-state index contributed by atoms with van der Waals surface area (Å²) in [5.41, 5.74) is 28.3. The van der Waals surface area contributed by atoms with Gasteiger partial charge in [0.15, 0.2) is 0 Å². The summed E-state index contributed by atoms with van der Waals surface area (Å²) in [6.45, 7) is 0. The summed E-state index contributed by atoms with van der Waals surface area (Å²) in [6, 6.07) is 118. The van der Waals surface area contributed by atoms with Gasteiger partial charge in [0.05, 0.1) is 33.2 Å². The second-order valence-corrected chi connectivity index (χ2v) is 22.2. The fourth-order valence-corrected chi connectivity index (χ4v) is 14.9. The molecule has 82 heavy (non-hydrogen) atoms. The number of para-hydroxylation sites is 4. The molecule has 17 rings (SSSR count). The van der Waals surface area contributed by atoms with E-state index in [9.17, 15) is 0 Å². The van der Waals surface area contributed by atoms with Gasteiger partial charge in [-0.2, -0.15) is 0 Å². The van der Waals surface area contributed by atoms with Crippen LogP contribution in [-0.4, -0.2) is 4.57 Å². The number of anilines is 3. The molecular formula is C80H52N2. The van der Waals surface area contributed by atoms with Crippen LogP contribution in [0.5, 0.6) is 0 Å². The van der Waals surface area contributed by atoms with Crippen LogP contribution in [0, 0.1) is 0 Å². The third-order valence-electron chi connectivity index (χ3n) is 18.3. The topological polar surface area (TPSA) is 8.17 Å². The van der Waals surface area contributed by atoms with E-state index in [1.54, 1.807) is 0 Å². The summed E-state index contributed by atoms with van der Waals surface area (Å²) in [6.07, 6.45) is 0. The Labute approximate surface area is 477 Å². The monoisotopic (exact) mass is 1040 g/mol. The van der Waals surface area contributed by atoms with Crippen LogP contribution in [0.15, 0.2) is 315 Å². The fraction of sp³-hybridized carbons (Fsp3) is 0.0250. The van der Waals surface area contributed by atoms with Crippen molar-refractivity contribution < 1.29 is 0 Å². The summed E-state index contributed by atoms with van der Waals surface area (Å²) in [7, 11) is 0. The molecule has 2 aliphatic carbocycles. The van der Waals surface area contributed by atoms with Gasteiger partial charge in [0.2, 0.25) is 0 Å². The van der Waals surface area contributed by atoms with Crippen LogP contribution >= 0.6 is 0 Å². The molecular weight excluding hydrogens is 989 g/mol. The maximum absolute atomic E-state index is 2.54. The maximum atomic E-state index is 2.54. The summed E-state index contributed by atoms with van der Waals surface area (Å²) < 4.78 is 2.53. The Morgan fingerprint density at radius 2 is 0.707 bits per heavy atom. The van der Waals surface area contributed by atoms with Gasteiger partial charge in [-0.1, -0.05) is 267 Å². The Bertz CT molecular complexity index is 4800. The zero-order valence-electron chi connectivity index (χ0n) is 44.9. The lowest BCUT2D eigenvalue weighted by molar-refractivity contribution is 0.749. The van der Waals surface area contributed by atoms with Crippen molar-refractivity contribution in [2.24, 2.45) is 0 Å². The third-order valence-corrected chi connectivity index (χ3v) is 18.3. The van der Waals surface area contributed by atoms with Crippen LogP contribution in [0.3, 0.4) is 0 Å². The Hall–Kier alpha value is -10.5. The minimum Gasteiger partial charge on any atom is -0.310 e. The fourth-order valence-electron chi connectivity index (χ4n) is 14.9. The van der Waals surface area contributed by atoms with E-state index in [2.05, 4.69) is 325 Å². The standard InChI is InChI=1S/C80H52N2/c1-4-21-53(22-5-1)54-39-41-55(42-40-54)56-43-46-60(47-44-56)81(61-48-50-66-63-28-10-14-32-69(63)79(74(66)52-61,58-23-6-2-7-24-58)59-25-8-3-9-26-59)75-36-17-12-27-62(75)57-45-49-65-64-29-11-15-33-70(64)80(73(65)51-57)71-34-16-19-38-77(71)82-76-37-18-13-30-67(76)68-31-20-35-72(80)78(68)82/h1-52H.